The summed E-state index contributed by atoms with van der Waals surface area (Å²) in [5.41, 5.74) is 0. The Morgan fingerprint density at radius 1 is 1.08 bits per heavy atom. The molecule has 0 fully saturated rings. The first-order valence-corrected chi connectivity index (χ1v) is 4.30. The molecule has 12 heavy (non-hydrogen) atoms. The molecule has 0 amide bonds. The topological polar surface area (TPSA) is 94.5 Å². The van der Waals surface area contributed by atoms with Gasteiger partial charge < -0.3 is 10.2 Å². The van der Waals surface area contributed by atoms with E-state index in [9.17, 15) is 13.0 Å². The molecule has 0 aliphatic heterocycles. The normalized spacial score (nSPS) is 11.4. The van der Waals surface area contributed by atoms with Gasteiger partial charge in [-0.25, -0.2) is 0 Å². The second kappa shape index (κ2) is 2.65. The van der Waals surface area contributed by atoms with E-state index in [1.807, 2.05) is 0 Å². The van der Waals surface area contributed by atoms with E-state index in [0.29, 0.717) is 6.07 Å². The van der Waals surface area contributed by atoms with E-state index in [0.717, 1.165) is 12.1 Å². The minimum atomic E-state index is -4.56. The van der Waals surface area contributed by atoms with Crippen LogP contribution >= 0.6 is 0 Å². The Morgan fingerprint density at radius 2 is 1.67 bits per heavy atom. The van der Waals surface area contributed by atoms with Crippen molar-refractivity contribution < 1.29 is 23.2 Å². The van der Waals surface area contributed by atoms with Crippen LogP contribution in [0.15, 0.2) is 23.1 Å². The predicted molar refractivity (Wildman–Crippen MR) is 37.6 cm³/mol. The molecule has 0 unspecified atom stereocenters. The van der Waals surface area contributed by atoms with Gasteiger partial charge in [-0.05, 0) is 12.1 Å². The molecular formula is C6H5O5S. The molecule has 6 heteroatoms. The number of phenols is 2. The predicted octanol–water partition coefficient (Wildman–Crippen LogP) is 0.217. The number of phenolic OH excluding ortho intramolecular Hbond substituents is 2. The van der Waals surface area contributed by atoms with E-state index < -0.39 is 26.5 Å². The standard InChI is InChI=1S/C6H5O5S/c7-5-2-1-4(3-6(5)8)12(9,10)11/h1-3,7-8H. The highest BCUT2D eigenvalue weighted by Gasteiger charge is 2.13. The molecule has 0 aliphatic rings. The minimum absolute atomic E-state index is 0.470. The van der Waals surface area contributed by atoms with Gasteiger partial charge in [0.15, 0.2) is 11.5 Å². The van der Waals surface area contributed by atoms with E-state index in [1.54, 1.807) is 0 Å². The van der Waals surface area contributed by atoms with E-state index in [4.69, 9.17) is 10.2 Å². The molecule has 1 aromatic rings. The summed E-state index contributed by atoms with van der Waals surface area (Å²) in [7, 11) is -4.56. The lowest BCUT2D eigenvalue weighted by atomic mass is 10.3. The molecule has 5 nitrogen and oxygen atoms in total. The molecule has 1 rings (SSSR count). The summed E-state index contributed by atoms with van der Waals surface area (Å²) in [5.74, 6) is -1.10. The number of aromatic hydroxyl groups is 2. The van der Waals surface area contributed by atoms with Crippen LogP contribution in [-0.4, -0.2) is 18.6 Å². The third-order valence-corrected chi connectivity index (χ3v) is 2.07. The van der Waals surface area contributed by atoms with Gasteiger partial charge in [0.05, 0.1) is 0 Å². The van der Waals surface area contributed by atoms with Crippen molar-refractivity contribution in [2.45, 2.75) is 4.90 Å². The Balaban J connectivity index is 3.33. The van der Waals surface area contributed by atoms with Crippen molar-refractivity contribution >= 4 is 10.1 Å². The van der Waals surface area contributed by atoms with Crippen molar-refractivity contribution in [3.8, 4) is 11.5 Å². The average Bonchev–Trinajstić information content (AvgIpc) is 1.92. The summed E-state index contributed by atoms with van der Waals surface area (Å²) in [6.07, 6.45) is 0. The number of benzene rings is 1. The monoisotopic (exact) mass is 189 g/mol. The quantitative estimate of drug-likeness (QED) is 0.617. The maximum atomic E-state index is 10.3. The zero-order chi connectivity index (χ0) is 9.35. The Hall–Kier alpha value is -1.27. The summed E-state index contributed by atoms with van der Waals surface area (Å²) in [6.45, 7) is 0. The summed E-state index contributed by atoms with van der Waals surface area (Å²) in [4.78, 5) is -0.571. The van der Waals surface area contributed by atoms with Gasteiger partial charge in [-0.1, -0.05) is 4.55 Å². The van der Waals surface area contributed by atoms with E-state index in [-0.39, 0.29) is 0 Å². The van der Waals surface area contributed by atoms with Gasteiger partial charge in [0.2, 0.25) is 0 Å². The van der Waals surface area contributed by atoms with Gasteiger partial charge in [-0.15, -0.1) is 0 Å². The molecule has 0 aromatic heterocycles. The SMILES string of the molecule is [O]S(=O)(=O)c1ccc(O)c(O)c1. The van der Waals surface area contributed by atoms with Crippen LogP contribution in [0, 0.1) is 0 Å². The van der Waals surface area contributed by atoms with E-state index in [1.165, 1.54) is 0 Å². The zero-order valence-corrected chi connectivity index (χ0v) is 6.58. The van der Waals surface area contributed by atoms with Gasteiger partial charge in [-0.3, -0.25) is 0 Å². The van der Waals surface area contributed by atoms with E-state index >= 15 is 0 Å². The number of hydrogen-bond acceptors (Lipinski definition) is 4. The molecule has 0 saturated carbocycles. The second-order valence-electron chi connectivity index (χ2n) is 2.10. The molecule has 0 bridgehead atoms. The van der Waals surface area contributed by atoms with Crippen LogP contribution in [0.5, 0.6) is 11.5 Å². The van der Waals surface area contributed by atoms with Gasteiger partial charge in [0.1, 0.15) is 4.90 Å². The molecule has 65 valence electrons. The first-order chi connectivity index (χ1) is 5.41. The highest BCUT2D eigenvalue weighted by molar-refractivity contribution is 7.85. The van der Waals surface area contributed by atoms with Crippen LogP contribution in [0.1, 0.15) is 0 Å². The largest absolute Gasteiger partial charge is 0.504 e. The van der Waals surface area contributed by atoms with Crippen molar-refractivity contribution in [3.05, 3.63) is 18.2 Å². The Labute approximate surface area is 68.6 Å². The summed E-state index contributed by atoms with van der Waals surface area (Å²) in [5, 5.41) is 17.6. The first kappa shape index (κ1) is 8.82. The number of rotatable bonds is 1. The average molecular weight is 189 g/mol. The fourth-order valence-corrected chi connectivity index (χ4v) is 1.15. The van der Waals surface area contributed by atoms with Gasteiger partial charge in [0, 0.05) is 6.07 Å². The summed E-state index contributed by atoms with van der Waals surface area (Å²) < 4.78 is 31.0. The Morgan fingerprint density at radius 3 is 2.08 bits per heavy atom. The summed E-state index contributed by atoms with van der Waals surface area (Å²) in [6, 6.07) is 2.54. The van der Waals surface area contributed by atoms with E-state index in [2.05, 4.69) is 0 Å². The zero-order valence-electron chi connectivity index (χ0n) is 5.76. The van der Waals surface area contributed by atoms with Crippen LogP contribution in [0.3, 0.4) is 0 Å². The van der Waals surface area contributed by atoms with Crippen LogP contribution in [0.2, 0.25) is 0 Å². The molecule has 0 atom stereocenters. The molecule has 1 radical (unpaired) electrons. The van der Waals surface area contributed by atoms with Crippen LogP contribution in [-0.2, 0) is 14.7 Å². The highest BCUT2D eigenvalue weighted by Crippen LogP contribution is 2.26. The third-order valence-electron chi connectivity index (χ3n) is 1.24. The van der Waals surface area contributed by atoms with Crippen molar-refractivity contribution in [1.29, 1.82) is 0 Å². The number of hydrogen-bond donors (Lipinski definition) is 2. The smallest absolute Gasteiger partial charge is 0.324 e. The van der Waals surface area contributed by atoms with Crippen molar-refractivity contribution in [2.75, 3.05) is 0 Å². The Kier molecular flexibility index (Phi) is 1.95. The molecule has 0 saturated heterocycles. The first-order valence-electron chi connectivity index (χ1n) is 2.89. The van der Waals surface area contributed by atoms with Crippen molar-refractivity contribution in [2.24, 2.45) is 0 Å². The lowest BCUT2D eigenvalue weighted by Gasteiger charge is -1.97. The summed E-state index contributed by atoms with van der Waals surface area (Å²) >= 11 is 0. The van der Waals surface area contributed by atoms with Crippen molar-refractivity contribution in [3.63, 3.8) is 0 Å². The maximum absolute atomic E-state index is 10.3. The van der Waals surface area contributed by atoms with Gasteiger partial charge in [0.25, 0.3) is 0 Å². The lowest BCUT2D eigenvalue weighted by molar-refractivity contribution is 0.397. The molecule has 0 spiro atoms. The van der Waals surface area contributed by atoms with Crippen LogP contribution < -0.4 is 0 Å². The maximum Gasteiger partial charge on any atom is 0.324 e. The molecule has 2 N–H and O–H groups in total. The Bertz CT molecular complexity index is 394. The minimum Gasteiger partial charge on any atom is -0.504 e. The van der Waals surface area contributed by atoms with Crippen LogP contribution in [0.4, 0.5) is 0 Å². The van der Waals surface area contributed by atoms with Crippen LogP contribution in [0.25, 0.3) is 0 Å². The van der Waals surface area contributed by atoms with Gasteiger partial charge >= 0.3 is 10.1 Å². The lowest BCUT2D eigenvalue weighted by Crippen LogP contribution is -1.94. The fourth-order valence-electron chi connectivity index (χ4n) is 0.659. The van der Waals surface area contributed by atoms with Crippen molar-refractivity contribution in [1.82, 2.24) is 0 Å². The van der Waals surface area contributed by atoms with Gasteiger partial charge in [-0.2, -0.15) is 8.42 Å². The fraction of sp³-hybridized carbons (Fsp3) is 0. The molecular weight excluding hydrogens is 184 g/mol. The highest BCUT2D eigenvalue weighted by atomic mass is 32.2. The molecule has 1 aromatic carbocycles. The second-order valence-corrected chi connectivity index (χ2v) is 3.48. The third kappa shape index (κ3) is 1.66. The molecule has 0 aliphatic carbocycles. The molecule has 0 heterocycles.